The fourth-order valence-electron chi connectivity index (χ4n) is 2.92. The van der Waals surface area contributed by atoms with E-state index in [0.29, 0.717) is 12.6 Å². The molecular weight excluding hydrogens is 234 g/mol. The smallest absolute Gasteiger partial charge is 0.306 e. The van der Waals surface area contributed by atoms with Crippen LogP contribution in [0.15, 0.2) is 0 Å². The number of carboxylic acids is 1. The molecule has 0 spiro atoms. The number of aliphatic carboxylic acids is 1. The van der Waals surface area contributed by atoms with Crippen LogP contribution < -0.4 is 0 Å². The summed E-state index contributed by atoms with van der Waals surface area (Å²) in [4.78, 5) is 13.0. The van der Waals surface area contributed by atoms with Gasteiger partial charge in [-0.2, -0.15) is 0 Å². The molecular formula is C13H23NO4. The number of nitrogens with zero attached hydrogens (tertiary/aromatic N) is 1. The highest BCUT2D eigenvalue weighted by Gasteiger charge is 2.40. The third kappa shape index (κ3) is 3.43. The molecule has 2 aliphatic heterocycles. The molecule has 5 nitrogen and oxygen atoms in total. The van der Waals surface area contributed by atoms with Gasteiger partial charge in [-0.1, -0.05) is 6.42 Å². The maximum Gasteiger partial charge on any atom is 0.306 e. The van der Waals surface area contributed by atoms with Gasteiger partial charge in [-0.25, -0.2) is 0 Å². The molecule has 0 bridgehead atoms. The zero-order valence-corrected chi connectivity index (χ0v) is 11.2. The Kier molecular flexibility index (Phi) is 4.25. The summed E-state index contributed by atoms with van der Waals surface area (Å²) >= 11 is 0. The molecule has 3 atom stereocenters. The fraction of sp³-hybridized carbons (Fsp3) is 0.923. The van der Waals surface area contributed by atoms with Crippen LogP contribution in [0.4, 0.5) is 0 Å². The number of hydrogen-bond acceptors (Lipinski definition) is 4. The average molecular weight is 257 g/mol. The van der Waals surface area contributed by atoms with Gasteiger partial charge in [0.05, 0.1) is 19.1 Å². The van der Waals surface area contributed by atoms with E-state index < -0.39 is 11.8 Å². The van der Waals surface area contributed by atoms with Gasteiger partial charge in [0.25, 0.3) is 0 Å². The molecule has 1 N–H and O–H groups in total. The molecule has 2 rings (SSSR count). The Morgan fingerprint density at radius 3 is 2.94 bits per heavy atom. The van der Waals surface area contributed by atoms with Crippen molar-refractivity contribution in [2.24, 2.45) is 0 Å². The molecule has 0 aliphatic carbocycles. The van der Waals surface area contributed by atoms with Gasteiger partial charge in [-0.15, -0.1) is 0 Å². The Labute approximate surface area is 108 Å². The largest absolute Gasteiger partial charge is 0.481 e. The Bertz CT molecular complexity index is 309. The molecule has 0 aromatic heterocycles. The van der Waals surface area contributed by atoms with Crippen LogP contribution in [0.5, 0.6) is 0 Å². The highest BCUT2D eigenvalue weighted by atomic mass is 16.7. The number of ether oxygens (including phenoxy) is 2. The number of likely N-dealkylation sites (tertiary alicyclic amines) is 1. The van der Waals surface area contributed by atoms with E-state index in [2.05, 4.69) is 11.9 Å². The second kappa shape index (κ2) is 5.55. The van der Waals surface area contributed by atoms with Gasteiger partial charge in [-0.3, -0.25) is 4.79 Å². The van der Waals surface area contributed by atoms with Crippen LogP contribution in [0.1, 0.15) is 39.0 Å². The summed E-state index contributed by atoms with van der Waals surface area (Å²) in [5.74, 6) is -1.45. The average Bonchev–Trinajstić information content (AvgIpc) is 2.63. The van der Waals surface area contributed by atoms with Gasteiger partial charge < -0.3 is 19.5 Å². The SMILES string of the molecule is CN1CCCCC1CC1(C)OCC(CC(=O)O)O1. The van der Waals surface area contributed by atoms with E-state index in [1.165, 1.54) is 19.3 Å². The first-order valence-corrected chi connectivity index (χ1v) is 6.72. The number of hydrogen-bond donors (Lipinski definition) is 1. The van der Waals surface area contributed by atoms with Crippen molar-refractivity contribution >= 4 is 5.97 Å². The summed E-state index contributed by atoms with van der Waals surface area (Å²) in [5.41, 5.74) is 0. The molecule has 2 saturated heterocycles. The van der Waals surface area contributed by atoms with Gasteiger partial charge in [0, 0.05) is 12.5 Å². The Hall–Kier alpha value is -0.650. The minimum Gasteiger partial charge on any atom is -0.481 e. The lowest BCUT2D eigenvalue weighted by molar-refractivity contribution is -0.172. The summed E-state index contributed by atoms with van der Waals surface area (Å²) in [6, 6.07) is 0.479. The normalized spacial score (nSPS) is 37.9. The quantitative estimate of drug-likeness (QED) is 0.826. The summed E-state index contributed by atoms with van der Waals surface area (Å²) in [7, 11) is 2.14. The third-order valence-corrected chi connectivity index (χ3v) is 3.92. The molecule has 0 saturated carbocycles. The fourth-order valence-corrected chi connectivity index (χ4v) is 2.92. The van der Waals surface area contributed by atoms with Crippen molar-refractivity contribution in [2.45, 2.75) is 57.0 Å². The lowest BCUT2D eigenvalue weighted by atomic mass is 9.96. The number of rotatable bonds is 4. The van der Waals surface area contributed by atoms with E-state index in [-0.39, 0.29) is 12.5 Å². The van der Waals surface area contributed by atoms with Crippen LogP contribution in [-0.2, 0) is 14.3 Å². The maximum absolute atomic E-state index is 10.7. The van der Waals surface area contributed by atoms with Crippen LogP contribution in [0.2, 0.25) is 0 Å². The van der Waals surface area contributed by atoms with Crippen LogP contribution in [0.25, 0.3) is 0 Å². The molecule has 3 unspecified atom stereocenters. The number of carboxylic acid groups (broad SMARTS) is 1. The molecule has 18 heavy (non-hydrogen) atoms. The second-order valence-corrected chi connectivity index (χ2v) is 5.62. The van der Waals surface area contributed by atoms with Crippen molar-refractivity contribution < 1.29 is 19.4 Å². The summed E-state index contributed by atoms with van der Waals surface area (Å²) in [5, 5.41) is 8.76. The predicted molar refractivity (Wildman–Crippen MR) is 66.4 cm³/mol. The summed E-state index contributed by atoms with van der Waals surface area (Å²) in [6.07, 6.45) is 4.22. The van der Waals surface area contributed by atoms with Crippen LogP contribution in [-0.4, -0.2) is 54.1 Å². The van der Waals surface area contributed by atoms with Crippen molar-refractivity contribution in [3.05, 3.63) is 0 Å². The molecule has 0 aromatic carbocycles. The predicted octanol–water partition coefficient (Wildman–Crippen LogP) is 1.47. The van der Waals surface area contributed by atoms with Crippen molar-refractivity contribution in [2.75, 3.05) is 20.2 Å². The minimum absolute atomic E-state index is 0.0239. The lowest BCUT2D eigenvalue weighted by Crippen LogP contribution is -2.42. The van der Waals surface area contributed by atoms with E-state index in [9.17, 15) is 4.79 Å². The third-order valence-electron chi connectivity index (χ3n) is 3.92. The minimum atomic E-state index is -0.831. The first kappa shape index (κ1) is 13.8. The van der Waals surface area contributed by atoms with Crippen molar-refractivity contribution in [1.82, 2.24) is 4.90 Å². The van der Waals surface area contributed by atoms with Gasteiger partial charge in [0.2, 0.25) is 0 Å². The Morgan fingerprint density at radius 2 is 2.28 bits per heavy atom. The van der Waals surface area contributed by atoms with Gasteiger partial charge in [-0.05, 0) is 33.4 Å². The van der Waals surface area contributed by atoms with Gasteiger partial charge in [0.1, 0.15) is 0 Å². The maximum atomic E-state index is 10.7. The van der Waals surface area contributed by atoms with E-state index in [0.717, 1.165) is 13.0 Å². The Morgan fingerprint density at radius 1 is 1.50 bits per heavy atom. The zero-order valence-electron chi connectivity index (χ0n) is 11.2. The summed E-state index contributed by atoms with van der Waals surface area (Å²) in [6.45, 7) is 3.44. The van der Waals surface area contributed by atoms with Crippen LogP contribution in [0.3, 0.4) is 0 Å². The monoisotopic (exact) mass is 257 g/mol. The zero-order chi connectivity index (χ0) is 13.2. The molecule has 5 heteroatoms. The van der Waals surface area contributed by atoms with Crippen molar-refractivity contribution in [3.8, 4) is 0 Å². The molecule has 2 heterocycles. The van der Waals surface area contributed by atoms with Gasteiger partial charge in [0.15, 0.2) is 5.79 Å². The van der Waals surface area contributed by atoms with Crippen molar-refractivity contribution in [1.29, 1.82) is 0 Å². The van der Waals surface area contributed by atoms with Crippen LogP contribution >= 0.6 is 0 Å². The first-order chi connectivity index (χ1) is 8.48. The van der Waals surface area contributed by atoms with E-state index in [4.69, 9.17) is 14.6 Å². The first-order valence-electron chi connectivity index (χ1n) is 6.72. The Balaban J connectivity index is 1.86. The molecule has 0 radical (unpaired) electrons. The van der Waals surface area contributed by atoms with Gasteiger partial charge >= 0.3 is 5.97 Å². The summed E-state index contributed by atoms with van der Waals surface area (Å²) < 4.78 is 11.5. The second-order valence-electron chi connectivity index (χ2n) is 5.62. The van der Waals surface area contributed by atoms with E-state index in [1.54, 1.807) is 0 Å². The molecule has 0 amide bonds. The molecule has 2 aliphatic rings. The van der Waals surface area contributed by atoms with E-state index >= 15 is 0 Å². The topological polar surface area (TPSA) is 59.0 Å². The highest BCUT2D eigenvalue weighted by Crippen LogP contribution is 2.32. The van der Waals surface area contributed by atoms with Crippen LogP contribution in [0, 0.1) is 0 Å². The number of piperidine rings is 1. The number of carbonyl (C=O) groups is 1. The van der Waals surface area contributed by atoms with Crippen molar-refractivity contribution in [3.63, 3.8) is 0 Å². The standard InChI is InChI=1S/C13H23NO4/c1-13(8-10-5-3-4-6-14(10)2)17-9-11(18-13)7-12(15)16/h10-11H,3-9H2,1-2H3,(H,15,16). The molecule has 0 aromatic rings. The molecule has 104 valence electrons. The van der Waals surface area contributed by atoms with E-state index in [1.807, 2.05) is 6.92 Å². The molecule has 2 fully saturated rings. The highest BCUT2D eigenvalue weighted by molar-refractivity contribution is 5.67. The lowest BCUT2D eigenvalue weighted by Gasteiger charge is -2.37.